The molecule has 134 valence electrons. The molecule has 0 bridgehead atoms. The lowest BCUT2D eigenvalue weighted by Crippen LogP contribution is -2.15. The normalized spacial score (nSPS) is 13.0. The molecule has 0 spiro atoms. The van der Waals surface area contributed by atoms with E-state index in [1.54, 1.807) is 12.1 Å². The Morgan fingerprint density at radius 3 is 2.65 bits per heavy atom. The number of nitrogens with one attached hydrogen (secondary N) is 3. The molecule has 0 atom stereocenters. The van der Waals surface area contributed by atoms with Crippen molar-refractivity contribution in [2.75, 3.05) is 24.3 Å². The number of hydrogen-bond donors (Lipinski definition) is 3. The molecule has 2 aromatic carbocycles. The summed E-state index contributed by atoms with van der Waals surface area (Å²) in [4.78, 5) is 29.9. The van der Waals surface area contributed by atoms with Crippen LogP contribution in [-0.2, 0) is 4.79 Å². The summed E-state index contributed by atoms with van der Waals surface area (Å²) in [5, 5.41) is 2.85. The van der Waals surface area contributed by atoms with Gasteiger partial charge in [0.05, 0.1) is 22.5 Å². The second-order valence-corrected chi connectivity index (χ2v) is 7.50. The summed E-state index contributed by atoms with van der Waals surface area (Å²) in [5.74, 6) is 1.52. The third kappa shape index (κ3) is 3.58. The van der Waals surface area contributed by atoms with Crippen molar-refractivity contribution in [1.29, 1.82) is 0 Å². The maximum atomic E-state index is 12.3. The number of aromatic amines is 2. The number of aromatic nitrogens is 2. The quantitative estimate of drug-likeness (QED) is 0.547. The van der Waals surface area contributed by atoms with Crippen molar-refractivity contribution in [3.63, 3.8) is 0 Å². The van der Waals surface area contributed by atoms with Crippen molar-refractivity contribution >= 4 is 50.3 Å². The first-order chi connectivity index (χ1) is 12.6. The minimum atomic E-state index is -0.287. The van der Waals surface area contributed by atoms with Gasteiger partial charge in [-0.2, -0.15) is 0 Å². The van der Waals surface area contributed by atoms with Crippen LogP contribution in [0, 0.1) is 0 Å². The standard InChI is InChI=1S/C17H14BrN3O4S/c18-10-6-12-13(21-17(23)20-12)7-11(10)19-16(22)8-26-9-1-2-14-15(5-9)25-4-3-24-14/h1-2,5-7H,3-4,8H2,(H,19,22)(H2,20,21,23). The molecule has 7 nitrogen and oxygen atoms in total. The number of fused-ring (bicyclic) bond motifs is 2. The van der Waals surface area contributed by atoms with Crippen LogP contribution >= 0.6 is 27.7 Å². The third-order valence-corrected chi connectivity index (χ3v) is 5.41. The van der Waals surface area contributed by atoms with Gasteiger partial charge in [0.1, 0.15) is 13.2 Å². The predicted octanol–water partition coefficient (Wildman–Crippen LogP) is 3.12. The minimum Gasteiger partial charge on any atom is -0.486 e. The number of anilines is 1. The van der Waals surface area contributed by atoms with Crippen molar-refractivity contribution in [3.8, 4) is 11.5 Å². The molecule has 0 aliphatic carbocycles. The number of benzene rings is 2. The highest BCUT2D eigenvalue weighted by molar-refractivity contribution is 9.10. The average molecular weight is 436 g/mol. The van der Waals surface area contributed by atoms with Gasteiger partial charge in [-0.25, -0.2) is 4.79 Å². The number of carbonyl (C=O) groups is 1. The Bertz CT molecular complexity index is 1050. The second-order valence-electron chi connectivity index (χ2n) is 5.60. The van der Waals surface area contributed by atoms with E-state index in [4.69, 9.17) is 9.47 Å². The van der Waals surface area contributed by atoms with Crippen LogP contribution in [0.3, 0.4) is 0 Å². The molecular weight excluding hydrogens is 422 g/mol. The third-order valence-electron chi connectivity index (χ3n) is 3.76. The Hall–Kier alpha value is -2.39. The number of rotatable bonds is 4. The Kier molecular flexibility index (Phi) is 4.64. The summed E-state index contributed by atoms with van der Waals surface area (Å²) < 4.78 is 11.7. The number of thioether (sulfide) groups is 1. The average Bonchev–Trinajstić information content (AvgIpc) is 2.99. The van der Waals surface area contributed by atoms with Crippen LogP contribution in [0.5, 0.6) is 11.5 Å². The molecule has 1 aromatic heterocycles. The summed E-state index contributed by atoms with van der Waals surface area (Å²) in [6, 6.07) is 9.08. The lowest BCUT2D eigenvalue weighted by Gasteiger charge is -2.18. The van der Waals surface area contributed by atoms with Crippen LogP contribution in [0.15, 0.2) is 44.5 Å². The van der Waals surface area contributed by atoms with Gasteiger partial charge in [0, 0.05) is 9.37 Å². The lowest BCUT2D eigenvalue weighted by molar-refractivity contribution is -0.113. The molecule has 0 saturated heterocycles. The number of imidazole rings is 1. The number of halogens is 1. The molecule has 0 radical (unpaired) electrons. The molecule has 0 fully saturated rings. The van der Waals surface area contributed by atoms with E-state index in [2.05, 4.69) is 31.2 Å². The van der Waals surface area contributed by atoms with Crippen LogP contribution < -0.4 is 20.5 Å². The lowest BCUT2D eigenvalue weighted by atomic mass is 10.3. The fourth-order valence-corrected chi connectivity index (χ4v) is 3.77. The van der Waals surface area contributed by atoms with E-state index >= 15 is 0 Å². The topological polar surface area (TPSA) is 96.2 Å². The maximum Gasteiger partial charge on any atom is 0.323 e. The van der Waals surface area contributed by atoms with Gasteiger partial charge in [-0.1, -0.05) is 0 Å². The number of ether oxygens (including phenoxy) is 2. The molecule has 1 amide bonds. The monoisotopic (exact) mass is 435 g/mol. The molecule has 1 aliphatic rings. The summed E-state index contributed by atoms with van der Waals surface area (Å²) in [6.45, 7) is 1.08. The van der Waals surface area contributed by atoms with Crippen molar-refractivity contribution < 1.29 is 14.3 Å². The summed E-state index contributed by atoms with van der Waals surface area (Å²) >= 11 is 4.81. The summed E-state index contributed by atoms with van der Waals surface area (Å²) in [7, 11) is 0. The Morgan fingerprint density at radius 1 is 1.12 bits per heavy atom. The molecule has 3 N–H and O–H groups in total. The van der Waals surface area contributed by atoms with E-state index < -0.39 is 0 Å². The summed E-state index contributed by atoms with van der Waals surface area (Å²) in [5.41, 5.74) is 1.61. The Balaban J connectivity index is 1.42. The van der Waals surface area contributed by atoms with E-state index in [1.165, 1.54) is 11.8 Å². The highest BCUT2D eigenvalue weighted by Crippen LogP contribution is 2.34. The van der Waals surface area contributed by atoms with Gasteiger partial charge >= 0.3 is 5.69 Å². The number of amides is 1. The van der Waals surface area contributed by atoms with Crippen molar-refractivity contribution in [2.24, 2.45) is 0 Å². The van der Waals surface area contributed by atoms with Crippen LogP contribution in [0.2, 0.25) is 0 Å². The van der Waals surface area contributed by atoms with Gasteiger partial charge in [-0.05, 0) is 46.3 Å². The van der Waals surface area contributed by atoms with Gasteiger partial charge in [0.25, 0.3) is 0 Å². The van der Waals surface area contributed by atoms with E-state index in [-0.39, 0.29) is 17.3 Å². The highest BCUT2D eigenvalue weighted by atomic mass is 79.9. The van der Waals surface area contributed by atoms with E-state index in [0.717, 1.165) is 10.6 Å². The Labute approximate surface area is 160 Å². The minimum absolute atomic E-state index is 0.150. The van der Waals surface area contributed by atoms with Crippen molar-refractivity contribution in [2.45, 2.75) is 4.90 Å². The van der Waals surface area contributed by atoms with Gasteiger partial charge < -0.3 is 24.8 Å². The van der Waals surface area contributed by atoms with E-state index in [9.17, 15) is 9.59 Å². The molecule has 2 heterocycles. The second kappa shape index (κ2) is 7.08. The van der Waals surface area contributed by atoms with E-state index in [1.807, 2.05) is 18.2 Å². The first kappa shape index (κ1) is 17.0. The largest absolute Gasteiger partial charge is 0.486 e. The molecular formula is C17H14BrN3O4S. The molecule has 3 aromatic rings. The number of H-pyrrole nitrogens is 2. The van der Waals surface area contributed by atoms with E-state index in [0.29, 0.717) is 40.2 Å². The molecule has 0 unspecified atom stereocenters. The Morgan fingerprint density at radius 2 is 1.85 bits per heavy atom. The van der Waals surface area contributed by atoms with Gasteiger partial charge in [0.2, 0.25) is 5.91 Å². The zero-order valence-electron chi connectivity index (χ0n) is 13.4. The maximum absolute atomic E-state index is 12.3. The molecule has 4 rings (SSSR count). The zero-order chi connectivity index (χ0) is 18.1. The van der Waals surface area contributed by atoms with Gasteiger partial charge in [-0.3, -0.25) is 4.79 Å². The molecule has 1 aliphatic heterocycles. The first-order valence-electron chi connectivity index (χ1n) is 7.82. The summed E-state index contributed by atoms with van der Waals surface area (Å²) in [6.07, 6.45) is 0. The number of carbonyl (C=O) groups excluding carboxylic acids is 1. The molecule has 0 saturated carbocycles. The highest BCUT2D eigenvalue weighted by Gasteiger charge is 2.13. The predicted molar refractivity (Wildman–Crippen MR) is 103 cm³/mol. The van der Waals surface area contributed by atoms with Crippen LogP contribution in [0.1, 0.15) is 0 Å². The van der Waals surface area contributed by atoms with Crippen molar-refractivity contribution in [3.05, 3.63) is 45.3 Å². The van der Waals surface area contributed by atoms with Crippen molar-refractivity contribution in [1.82, 2.24) is 9.97 Å². The van der Waals surface area contributed by atoms with Gasteiger partial charge in [-0.15, -0.1) is 11.8 Å². The molecule has 26 heavy (non-hydrogen) atoms. The van der Waals surface area contributed by atoms with Crippen LogP contribution in [0.4, 0.5) is 5.69 Å². The van der Waals surface area contributed by atoms with Crippen LogP contribution in [0.25, 0.3) is 11.0 Å². The SMILES string of the molecule is O=C(CSc1ccc2c(c1)OCCO2)Nc1cc2[nH]c(=O)[nH]c2cc1Br. The molecule has 9 heteroatoms. The smallest absolute Gasteiger partial charge is 0.323 e. The fourth-order valence-electron chi connectivity index (χ4n) is 2.60. The fraction of sp³-hybridized carbons (Fsp3) is 0.176. The van der Waals surface area contributed by atoms with Crippen LogP contribution in [-0.4, -0.2) is 34.8 Å². The first-order valence-corrected chi connectivity index (χ1v) is 9.60. The van der Waals surface area contributed by atoms with Gasteiger partial charge in [0.15, 0.2) is 11.5 Å². The zero-order valence-corrected chi connectivity index (χ0v) is 15.8. The number of hydrogen-bond acceptors (Lipinski definition) is 5.